The molecule has 0 aliphatic carbocycles. The highest BCUT2D eigenvalue weighted by molar-refractivity contribution is 6.34. The Hall–Kier alpha value is -4.28. The fraction of sp³-hybridized carbons (Fsp3) is 0.267. The lowest BCUT2D eigenvalue weighted by Gasteiger charge is -2.20. The highest BCUT2D eigenvalue weighted by Crippen LogP contribution is 2.28. The Morgan fingerprint density at radius 2 is 0.881 bits per heavy atom. The van der Waals surface area contributed by atoms with Crippen molar-refractivity contribution in [2.45, 2.75) is 52.7 Å². The van der Waals surface area contributed by atoms with Gasteiger partial charge < -0.3 is 20.1 Å². The van der Waals surface area contributed by atoms with Crippen LogP contribution in [0, 0.1) is 0 Å². The average molecular weight is 616 g/mol. The summed E-state index contributed by atoms with van der Waals surface area (Å²) in [4.78, 5) is 49.5. The van der Waals surface area contributed by atoms with Crippen molar-refractivity contribution < 1.29 is 28.7 Å². The maximum absolute atomic E-state index is 12.7. The Kier molecular flexibility index (Phi) is 10.1. The minimum Gasteiger partial charge on any atom is -0.444 e. The second kappa shape index (κ2) is 13.1. The molecule has 0 bridgehead atoms. The lowest BCUT2D eigenvalue weighted by molar-refractivity contribution is 0.0624. The predicted molar refractivity (Wildman–Crippen MR) is 165 cm³/mol. The first-order valence-electron chi connectivity index (χ1n) is 12.8. The van der Waals surface area contributed by atoms with E-state index in [1.807, 2.05) is 0 Å². The zero-order valence-corrected chi connectivity index (χ0v) is 25.5. The van der Waals surface area contributed by atoms with Crippen molar-refractivity contribution in [3.63, 3.8) is 0 Å². The fourth-order valence-electron chi connectivity index (χ4n) is 3.40. The first-order valence-corrected chi connectivity index (χ1v) is 13.6. The average Bonchev–Trinajstić information content (AvgIpc) is 2.85. The molecular formula is C30H32Cl2N4O6. The van der Waals surface area contributed by atoms with E-state index in [4.69, 9.17) is 32.7 Å². The SMILES string of the molecule is CC(C)(C)OC(=O)Nc1ccc(NC(=O)c2ccc(C(=O)Nc3ccc(NC(=O)OC(C)(C)C)c(Cl)c3)cc2)cc1Cl. The Morgan fingerprint density at radius 1 is 0.548 bits per heavy atom. The van der Waals surface area contributed by atoms with Gasteiger partial charge in [-0.15, -0.1) is 0 Å². The second-order valence-corrected chi connectivity index (χ2v) is 11.9. The van der Waals surface area contributed by atoms with Crippen LogP contribution in [0.5, 0.6) is 0 Å². The molecule has 3 aromatic carbocycles. The molecule has 12 heteroatoms. The van der Waals surface area contributed by atoms with E-state index in [0.717, 1.165) is 0 Å². The Labute approximate surface area is 254 Å². The van der Waals surface area contributed by atoms with Crippen LogP contribution in [0.25, 0.3) is 0 Å². The molecule has 0 aliphatic heterocycles. The van der Waals surface area contributed by atoms with Gasteiger partial charge in [-0.1, -0.05) is 23.2 Å². The molecule has 0 fully saturated rings. The molecule has 0 heterocycles. The molecule has 3 rings (SSSR count). The number of hydrogen-bond acceptors (Lipinski definition) is 6. The molecule has 0 spiro atoms. The maximum Gasteiger partial charge on any atom is 0.412 e. The first-order chi connectivity index (χ1) is 19.5. The van der Waals surface area contributed by atoms with Crippen molar-refractivity contribution in [1.82, 2.24) is 0 Å². The van der Waals surface area contributed by atoms with Gasteiger partial charge in [0, 0.05) is 22.5 Å². The van der Waals surface area contributed by atoms with E-state index >= 15 is 0 Å². The monoisotopic (exact) mass is 614 g/mol. The third-order valence-electron chi connectivity index (χ3n) is 5.13. The minimum atomic E-state index is -0.664. The Morgan fingerprint density at radius 3 is 1.17 bits per heavy atom. The molecule has 0 unspecified atom stereocenters. The highest BCUT2D eigenvalue weighted by Gasteiger charge is 2.19. The van der Waals surface area contributed by atoms with E-state index in [-0.39, 0.29) is 10.0 Å². The van der Waals surface area contributed by atoms with Crippen LogP contribution in [0.4, 0.5) is 32.3 Å². The molecule has 0 aromatic heterocycles. The Balaban J connectivity index is 1.58. The van der Waals surface area contributed by atoms with E-state index in [1.165, 1.54) is 36.4 Å². The van der Waals surface area contributed by atoms with Crippen molar-refractivity contribution >= 4 is 70.0 Å². The van der Waals surface area contributed by atoms with Crippen LogP contribution in [-0.2, 0) is 9.47 Å². The van der Waals surface area contributed by atoms with Crippen LogP contribution < -0.4 is 21.3 Å². The minimum absolute atomic E-state index is 0.208. The van der Waals surface area contributed by atoms with Gasteiger partial charge in [-0.3, -0.25) is 20.2 Å². The molecule has 0 saturated heterocycles. The van der Waals surface area contributed by atoms with Gasteiger partial charge in [-0.2, -0.15) is 0 Å². The number of hydrogen-bond donors (Lipinski definition) is 4. The van der Waals surface area contributed by atoms with E-state index in [0.29, 0.717) is 33.9 Å². The lowest BCUT2D eigenvalue weighted by Crippen LogP contribution is -2.27. The van der Waals surface area contributed by atoms with Crippen LogP contribution in [0.15, 0.2) is 60.7 Å². The normalized spacial score (nSPS) is 11.2. The summed E-state index contributed by atoms with van der Waals surface area (Å²) in [6.45, 7) is 10.5. The summed E-state index contributed by atoms with van der Waals surface area (Å²) >= 11 is 12.5. The highest BCUT2D eigenvalue weighted by atomic mass is 35.5. The van der Waals surface area contributed by atoms with Gasteiger partial charge >= 0.3 is 12.2 Å². The first kappa shape index (κ1) is 32.2. The number of halogens is 2. The van der Waals surface area contributed by atoms with Gasteiger partial charge in [-0.25, -0.2) is 9.59 Å². The Bertz CT molecular complexity index is 1380. The van der Waals surface area contributed by atoms with Crippen molar-refractivity contribution in [2.75, 3.05) is 21.3 Å². The molecule has 0 atom stereocenters. The van der Waals surface area contributed by atoms with Gasteiger partial charge in [0.1, 0.15) is 11.2 Å². The quantitative estimate of drug-likeness (QED) is 0.221. The van der Waals surface area contributed by atoms with Crippen molar-refractivity contribution in [2.24, 2.45) is 0 Å². The second-order valence-electron chi connectivity index (χ2n) is 11.1. The summed E-state index contributed by atoms with van der Waals surface area (Å²) < 4.78 is 10.4. The number of carbonyl (C=O) groups is 4. The summed E-state index contributed by atoms with van der Waals surface area (Å²) in [5.74, 6) is -0.850. The molecular weight excluding hydrogens is 583 g/mol. The standard InChI is InChI=1S/C30H32Cl2N4O6/c1-29(2,3)41-27(39)35-23-13-11-19(15-21(23)31)33-25(37)17-7-9-18(10-8-17)26(38)34-20-12-14-24(22(32)16-20)36-28(40)42-30(4,5)6/h7-16H,1-6H3,(H,33,37)(H,34,38)(H,35,39)(H,36,40). The zero-order valence-electron chi connectivity index (χ0n) is 24.0. The zero-order chi connectivity index (χ0) is 31.2. The fourth-order valence-corrected chi connectivity index (χ4v) is 3.85. The van der Waals surface area contributed by atoms with Crippen LogP contribution >= 0.6 is 23.2 Å². The van der Waals surface area contributed by atoms with E-state index in [9.17, 15) is 19.2 Å². The summed E-state index contributed by atoms with van der Waals surface area (Å²) in [5, 5.41) is 11.0. The topological polar surface area (TPSA) is 135 Å². The largest absolute Gasteiger partial charge is 0.444 e. The maximum atomic E-state index is 12.7. The summed E-state index contributed by atoms with van der Waals surface area (Å²) in [7, 11) is 0. The molecule has 10 nitrogen and oxygen atoms in total. The van der Waals surface area contributed by atoms with Crippen molar-refractivity contribution in [1.29, 1.82) is 0 Å². The van der Waals surface area contributed by atoms with Crippen LogP contribution in [-0.4, -0.2) is 35.2 Å². The summed E-state index contributed by atoms with van der Waals surface area (Å²) in [5.41, 5.74) is 0.748. The van der Waals surface area contributed by atoms with E-state index < -0.39 is 35.2 Å². The van der Waals surface area contributed by atoms with Gasteiger partial charge in [0.25, 0.3) is 11.8 Å². The summed E-state index contributed by atoms with van der Waals surface area (Å²) in [6.07, 6.45) is -1.30. The van der Waals surface area contributed by atoms with Crippen LogP contribution in [0.3, 0.4) is 0 Å². The molecule has 4 N–H and O–H groups in total. The van der Waals surface area contributed by atoms with Crippen molar-refractivity contribution in [3.8, 4) is 0 Å². The number of amides is 4. The molecule has 3 aromatic rings. The molecule has 0 radical (unpaired) electrons. The van der Waals surface area contributed by atoms with E-state index in [1.54, 1.807) is 65.8 Å². The van der Waals surface area contributed by atoms with Crippen LogP contribution in [0.2, 0.25) is 10.0 Å². The number of rotatable bonds is 6. The summed E-state index contributed by atoms with van der Waals surface area (Å²) in [6, 6.07) is 15.3. The van der Waals surface area contributed by atoms with Crippen LogP contribution in [0.1, 0.15) is 62.3 Å². The van der Waals surface area contributed by atoms with Gasteiger partial charge in [0.15, 0.2) is 0 Å². The van der Waals surface area contributed by atoms with Crippen molar-refractivity contribution in [3.05, 3.63) is 81.8 Å². The lowest BCUT2D eigenvalue weighted by atomic mass is 10.1. The van der Waals surface area contributed by atoms with Gasteiger partial charge in [0.05, 0.1) is 21.4 Å². The predicted octanol–water partition coefficient (Wildman–Crippen LogP) is 8.19. The third-order valence-corrected chi connectivity index (χ3v) is 5.76. The molecule has 42 heavy (non-hydrogen) atoms. The molecule has 222 valence electrons. The number of nitrogens with one attached hydrogen (secondary N) is 4. The third kappa shape index (κ3) is 9.97. The smallest absolute Gasteiger partial charge is 0.412 e. The van der Waals surface area contributed by atoms with Gasteiger partial charge in [0.2, 0.25) is 0 Å². The molecule has 0 aliphatic rings. The molecule has 4 amide bonds. The number of benzene rings is 3. The number of ether oxygens (including phenoxy) is 2. The van der Waals surface area contributed by atoms with E-state index in [2.05, 4.69) is 21.3 Å². The molecule has 0 saturated carbocycles. The number of carbonyl (C=O) groups excluding carboxylic acids is 4. The van der Waals surface area contributed by atoms with Gasteiger partial charge in [-0.05, 0) is 102 Å². The number of anilines is 4.